The van der Waals surface area contributed by atoms with E-state index in [0.717, 1.165) is 0 Å². The molecule has 0 amide bonds. The first-order chi connectivity index (χ1) is 6.37. The number of thioether (sulfide) groups is 1. The second kappa shape index (κ2) is 4.18. The lowest BCUT2D eigenvalue weighted by molar-refractivity contribution is -0.258. The second-order valence-corrected chi connectivity index (χ2v) is 4.48. The Kier molecular flexibility index (Phi) is 3.58. The molecule has 0 unspecified atom stereocenters. The summed E-state index contributed by atoms with van der Waals surface area (Å²) in [6.45, 7) is 0. The van der Waals surface area contributed by atoms with Crippen LogP contribution in [-0.4, -0.2) is 28.7 Å². The molecule has 0 bridgehead atoms. The van der Waals surface area contributed by atoms with Gasteiger partial charge in [-0.2, -0.15) is 24.9 Å². The lowest BCUT2D eigenvalue weighted by Gasteiger charge is -2.36. The van der Waals surface area contributed by atoms with Gasteiger partial charge in [-0.1, -0.05) is 0 Å². The summed E-state index contributed by atoms with van der Waals surface area (Å²) >= 11 is 6.24. The standard InChI is InChI=1S/C7H8ClF3O2S/c8-5(12)13-6(7(9,10)11)1-3-14-4-2-6/h1-4H2. The van der Waals surface area contributed by atoms with Crippen molar-refractivity contribution in [2.24, 2.45) is 0 Å². The Bertz CT molecular complexity index is 225. The van der Waals surface area contributed by atoms with E-state index in [9.17, 15) is 18.0 Å². The monoisotopic (exact) mass is 248 g/mol. The maximum Gasteiger partial charge on any atom is 0.428 e. The number of alkyl halides is 3. The van der Waals surface area contributed by atoms with Crippen LogP contribution in [0.2, 0.25) is 0 Å². The summed E-state index contributed by atoms with van der Waals surface area (Å²) in [6, 6.07) is 0. The van der Waals surface area contributed by atoms with E-state index >= 15 is 0 Å². The third kappa shape index (κ3) is 2.48. The molecule has 0 aliphatic carbocycles. The zero-order valence-electron chi connectivity index (χ0n) is 7.07. The van der Waals surface area contributed by atoms with Crippen LogP contribution in [0, 0.1) is 0 Å². The van der Waals surface area contributed by atoms with E-state index in [1.807, 2.05) is 0 Å². The van der Waals surface area contributed by atoms with Gasteiger partial charge in [0, 0.05) is 24.4 Å². The smallest absolute Gasteiger partial charge is 0.428 e. The molecule has 1 fully saturated rings. The normalized spacial score (nSPS) is 21.7. The summed E-state index contributed by atoms with van der Waals surface area (Å²) in [5, 5.41) is 0. The van der Waals surface area contributed by atoms with E-state index in [2.05, 4.69) is 4.74 Å². The van der Waals surface area contributed by atoms with Gasteiger partial charge in [-0.05, 0) is 11.5 Å². The lowest BCUT2D eigenvalue weighted by atomic mass is 9.96. The Morgan fingerprint density at radius 1 is 1.36 bits per heavy atom. The van der Waals surface area contributed by atoms with Crippen LogP contribution in [-0.2, 0) is 4.74 Å². The number of carbonyl (C=O) groups excluding carboxylic acids is 1. The summed E-state index contributed by atoms with van der Waals surface area (Å²) in [7, 11) is 0. The van der Waals surface area contributed by atoms with Crippen molar-refractivity contribution in [2.45, 2.75) is 24.6 Å². The zero-order chi connectivity index (χ0) is 10.8. The summed E-state index contributed by atoms with van der Waals surface area (Å²) in [5.41, 5.74) is -3.76. The van der Waals surface area contributed by atoms with Gasteiger partial charge in [0.2, 0.25) is 5.60 Å². The minimum Gasteiger partial charge on any atom is -0.437 e. The molecular formula is C7H8ClF3O2S. The van der Waals surface area contributed by atoms with Crippen molar-refractivity contribution >= 4 is 28.8 Å². The van der Waals surface area contributed by atoms with Crippen LogP contribution in [0.4, 0.5) is 18.0 Å². The maximum absolute atomic E-state index is 12.6. The molecule has 0 saturated carbocycles. The van der Waals surface area contributed by atoms with Crippen LogP contribution in [0.25, 0.3) is 0 Å². The summed E-state index contributed by atoms with van der Waals surface area (Å²) in [5.74, 6) is 0.646. The average Bonchev–Trinajstić information content (AvgIpc) is 2.02. The highest BCUT2D eigenvalue weighted by Crippen LogP contribution is 2.43. The zero-order valence-corrected chi connectivity index (χ0v) is 8.64. The molecule has 0 aromatic carbocycles. The molecule has 2 nitrogen and oxygen atoms in total. The van der Waals surface area contributed by atoms with Gasteiger partial charge in [-0.15, -0.1) is 0 Å². The molecule has 14 heavy (non-hydrogen) atoms. The SMILES string of the molecule is O=C(Cl)OC1(C(F)(F)F)CCSCC1. The van der Waals surface area contributed by atoms with Crippen LogP contribution in [0.1, 0.15) is 12.8 Å². The number of ether oxygens (including phenoxy) is 1. The molecule has 0 aromatic rings. The third-order valence-corrected chi connectivity index (χ3v) is 3.16. The molecule has 0 radical (unpaired) electrons. The number of hydrogen-bond donors (Lipinski definition) is 0. The molecule has 82 valence electrons. The molecule has 0 spiro atoms. The lowest BCUT2D eigenvalue weighted by Crippen LogP contribution is -2.50. The van der Waals surface area contributed by atoms with Gasteiger partial charge in [0.1, 0.15) is 0 Å². The van der Waals surface area contributed by atoms with Crippen molar-refractivity contribution in [2.75, 3.05) is 11.5 Å². The maximum atomic E-state index is 12.6. The molecule has 0 N–H and O–H groups in total. The minimum absolute atomic E-state index is 0.223. The van der Waals surface area contributed by atoms with Crippen LogP contribution in [0.3, 0.4) is 0 Å². The Morgan fingerprint density at radius 2 is 1.86 bits per heavy atom. The van der Waals surface area contributed by atoms with E-state index in [1.165, 1.54) is 11.8 Å². The predicted molar refractivity (Wildman–Crippen MR) is 47.7 cm³/mol. The van der Waals surface area contributed by atoms with Crippen molar-refractivity contribution < 1.29 is 22.7 Å². The van der Waals surface area contributed by atoms with Gasteiger partial charge in [-0.25, -0.2) is 4.79 Å². The van der Waals surface area contributed by atoms with Crippen molar-refractivity contribution in [1.82, 2.24) is 0 Å². The molecule has 1 saturated heterocycles. The number of hydrogen-bond acceptors (Lipinski definition) is 3. The van der Waals surface area contributed by atoms with Crippen LogP contribution < -0.4 is 0 Å². The van der Waals surface area contributed by atoms with Crippen LogP contribution in [0.5, 0.6) is 0 Å². The molecule has 0 aromatic heterocycles. The molecule has 1 rings (SSSR count). The van der Waals surface area contributed by atoms with E-state index in [0.29, 0.717) is 11.5 Å². The van der Waals surface area contributed by atoms with Crippen LogP contribution in [0.15, 0.2) is 0 Å². The van der Waals surface area contributed by atoms with Crippen molar-refractivity contribution in [3.63, 3.8) is 0 Å². The fraction of sp³-hybridized carbons (Fsp3) is 0.857. The van der Waals surface area contributed by atoms with Gasteiger partial charge < -0.3 is 4.74 Å². The molecule has 1 heterocycles. The molecular weight excluding hydrogens is 241 g/mol. The van der Waals surface area contributed by atoms with E-state index in [4.69, 9.17) is 11.6 Å². The predicted octanol–water partition coefficient (Wildman–Crippen LogP) is 3.19. The van der Waals surface area contributed by atoms with Crippen molar-refractivity contribution in [3.8, 4) is 0 Å². The molecule has 1 aliphatic rings. The topological polar surface area (TPSA) is 26.3 Å². The summed E-state index contributed by atoms with van der Waals surface area (Å²) in [4.78, 5) is 10.4. The van der Waals surface area contributed by atoms with Crippen molar-refractivity contribution in [1.29, 1.82) is 0 Å². The minimum atomic E-state index is -4.54. The summed E-state index contributed by atoms with van der Waals surface area (Å²) < 4.78 is 42.1. The van der Waals surface area contributed by atoms with E-state index < -0.39 is 17.2 Å². The van der Waals surface area contributed by atoms with E-state index in [-0.39, 0.29) is 12.8 Å². The molecule has 1 aliphatic heterocycles. The second-order valence-electron chi connectivity index (χ2n) is 2.94. The average molecular weight is 249 g/mol. The first-order valence-corrected chi connectivity index (χ1v) is 5.44. The summed E-state index contributed by atoms with van der Waals surface area (Å²) in [6.07, 6.45) is -4.99. The number of rotatable bonds is 1. The quantitative estimate of drug-likeness (QED) is 0.667. The Hall–Kier alpha value is -0.100. The Balaban J connectivity index is 2.83. The first kappa shape index (κ1) is 12.0. The van der Waals surface area contributed by atoms with Gasteiger partial charge >= 0.3 is 11.6 Å². The Labute approximate surface area is 88.1 Å². The van der Waals surface area contributed by atoms with Crippen LogP contribution >= 0.6 is 23.4 Å². The largest absolute Gasteiger partial charge is 0.437 e. The Morgan fingerprint density at radius 3 is 2.21 bits per heavy atom. The van der Waals surface area contributed by atoms with Crippen molar-refractivity contribution in [3.05, 3.63) is 0 Å². The molecule has 7 heteroatoms. The number of carbonyl (C=O) groups is 1. The van der Waals surface area contributed by atoms with Gasteiger partial charge in [-0.3, -0.25) is 0 Å². The highest BCUT2D eigenvalue weighted by Gasteiger charge is 2.58. The number of halogens is 4. The highest BCUT2D eigenvalue weighted by molar-refractivity contribution is 7.99. The highest BCUT2D eigenvalue weighted by atomic mass is 35.5. The van der Waals surface area contributed by atoms with Gasteiger partial charge in [0.15, 0.2) is 0 Å². The third-order valence-electron chi connectivity index (χ3n) is 2.09. The fourth-order valence-electron chi connectivity index (χ4n) is 1.30. The van der Waals surface area contributed by atoms with Gasteiger partial charge in [0.25, 0.3) is 0 Å². The van der Waals surface area contributed by atoms with E-state index in [1.54, 1.807) is 0 Å². The first-order valence-electron chi connectivity index (χ1n) is 3.90. The fourth-order valence-corrected chi connectivity index (χ4v) is 2.60. The molecule has 0 atom stereocenters. The van der Waals surface area contributed by atoms with Gasteiger partial charge in [0.05, 0.1) is 0 Å².